The maximum atomic E-state index is 12.6. The molecule has 1 heterocycles. The van der Waals surface area contributed by atoms with Crippen LogP contribution in [-0.2, 0) is 23.6 Å². The van der Waals surface area contributed by atoms with Crippen molar-refractivity contribution in [1.29, 1.82) is 0 Å². The van der Waals surface area contributed by atoms with Gasteiger partial charge < -0.3 is 14.6 Å². The van der Waals surface area contributed by atoms with Crippen LogP contribution < -0.4 is 10.1 Å². The number of aromatic nitrogens is 1. The van der Waals surface area contributed by atoms with Crippen molar-refractivity contribution >= 4 is 31.9 Å². The summed E-state index contributed by atoms with van der Waals surface area (Å²) in [6, 6.07) is 6.93. The van der Waals surface area contributed by atoms with Crippen LogP contribution in [0.2, 0.25) is 0 Å². The predicted octanol–water partition coefficient (Wildman–Crippen LogP) is 2.76. The molecule has 0 fully saturated rings. The number of carbonyl (C=O) groups excluding carboxylic acids is 1. The number of benzene rings is 1. The van der Waals surface area contributed by atoms with Crippen LogP contribution in [0.15, 0.2) is 39.8 Å². The summed E-state index contributed by atoms with van der Waals surface area (Å²) in [4.78, 5) is 12.7. The van der Waals surface area contributed by atoms with Crippen LogP contribution in [-0.4, -0.2) is 43.4 Å². The second-order valence-corrected chi connectivity index (χ2v) is 8.75. The normalized spacial score (nSPS) is 11.6. The summed E-state index contributed by atoms with van der Waals surface area (Å²) in [6.07, 6.45) is 1.46. The fourth-order valence-corrected chi connectivity index (χ4v) is 4.70. The Balaban J connectivity index is 2.21. The van der Waals surface area contributed by atoms with Gasteiger partial charge in [0, 0.05) is 42.9 Å². The number of nitrogens with zero attached hydrogens (tertiary/aromatic N) is 2. The Kier molecular flexibility index (Phi) is 7.07. The lowest BCUT2D eigenvalue weighted by molar-refractivity contribution is 0.0942. The number of ether oxygens (including phenoxy) is 1. The van der Waals surface area contributed by atoms with Crippen molar-refractivity contribution in [1.82, 2.24) is 14.2 Å². The van der Waals surface area contributed by atoms with Gasteiger partial charge in [0.05, 0.1) is 7.11 Å². The molecular weight excluding hydrogens is 434 g/mol. The van der Waals surface area contributed by atoms with Crippen molar-refractivity contribution in [2.24, 2.45) is 7.05 Å². The number of nitrogens with one attached hydrogen (secondary N) is 1. The molecule has 0 bridgehead atoms. The molecule has 1 N–H and O–H groups in total. The Morgan fingerprint density at radius 3 is 2.52 bits per heavy atom. The van der Waals surface area contributed by atoms with Crippen LogP contribution in [0.3, 0.4) is 0 Å². The quantitative estimate of drug-likeness (QED) is 0.660. The Hall–Kier alpha value is -1.84. The highest BCUT2D eigenvalue weighted by atomic mass is 79.9. The van der Waals surface area contributed by atoms with Gasteiger partial charge in [-0.15, -0.1) is 0 Å². The standard InChI is InChI=1S/C18H24BrN3O4S/c1-5-22(6-2)27(24,25)15-10-16(21(3)12-15)18(23)20-11-13-9-14(19)7-8-17(13)26-4/h7-10,12H,5-6,11H2,1-4H3,(H,20,23). The largest absolute Gasteiger partial charge is 0.496 e. The molecule has 0 atom stereocenters. The molecule has 2 aromatic rings. The summed E-state index contributed by atoms with van der Waals surface area (Å²) in [7, 11) is -0.399. The van der Waals surface area contributed by atoms with E-state index in [0.29, 0.717) is 18.8 Å². The van der Waals surface area contributed by atoms with Crippen molar-refractivity contribution in [3.63, 3.8) is 0 Å². The number of sulfonamides is 1. The zero-order valence-corrected chi connectivity index (χ0v) is 18.2. The lowest BCUT2D eigenvalue weighted by Gasteiger charge is -2.17. The van der Waals surface area contributed by atoms with E-state index in [1.54, 1.807) is 28.0 Å². The Bertz CT molecular complexity index is 921. The number of rotatable bonds is 8. The molecule has 0 unspecified atom stereocenters. The fourth-order valence-electron chi connectivity index (χ4n) is 2.76. The first-order chi connectivity index (χ1) is 12.7. The van der Waals surface area contributed by atoms with Gasteiger partial charge in [-0.2, -0.15) is 4.31 Å². The minimum atomic E-state index is -3.61. The van der Waals surface area contributed by atoms with Gasteiger partial charge in [-0.25, -0.2) is 8.42 Å². The Labute approximate surface area is 168 Å². The Morgan fingerprint density at radius 1 is 1.26 bits per heavy atom. The first-order valence-corrected chi connectivity index (χ1v) is 10.7. The van der Waals surface area contributed by atoms with Crippen molar-refractivity contribution in [3.05, 3.63) is 46.2 Å². The summed E-state index contributed by atoms with van der Waals surface area (Å²) in [5, 5.41) is 2.81. The van der Waals surface area contributed by atoms with Crippen LogP contribution in [0.5, 0.6) is 5.75 Å². The summed E-state index contributed by atoms with van der Waals surface area (Å²) >= 11 is 3.40. The number of halogens is 1. The zero-order valence-electron chi connectivity index (χ0n) is 15.8. The number of methoxy groups -OCH3 is 1. The third kappa shape index (κ3) is 4.72. The van der Waals surface area contributed by atoms with E-state index in [-0.39, 0.29) is 23.0 Å². The molecule has 0 saturated heterocycles. The summed E-state index contributed by atoms with van der Waals surface area (Å²) < 4.78 is 34.3. The summed E-state index contributed by atoms with van der Waals surface area (Å²) in [5.41, 5.74) is 1.08. The lowest BCUT2D eigenvalue weighted by atomic mass is 10.2. The molecule has 0 saturated carbocycles. The van der Waals surface area contributed by atoms with Gasteiger partial charge in [0.2, 0.25) is 10.0 Å². The minimum Gasteiger partial charge on any atom is -0.496 e. The number of hydrogen-bond donors (Lipinski definition) is 1. The van der Waals surface area contributed by atoms with Gasteiger partial charge in [-0.1, -0.05) is 29.8 Å². The molecule has 27 heavy (non-hydrogen) atoms. The van der Waals surface area contributed by atoms with Gasteiger partial charge in [0.25, 0.3) is 5.91 Å². The number of hydrogen-bond acceptors (Lipinski definition) is 4. The molecule has 0 spiro atoms. The predicted molar refractivity (Wildman–Crippen MR) is 107 cm³/mol. The fraction of sp³-hybridized carbons (Fsp3) is 0.389. The SMILES string of the molecule is CCN(CC)S(=O)(=O)c1cc(C(=O)NCc2cc(Br)ccc2OC)n(C)c1. The van der Waals surface area contributed by atoms with E-state index in [9.17, 15) is 13.2 Å². The molecule has 0 radical (unpaired) electrons. The van der Waals surface area contributed by atoms with E-state index in [2.05, 4.69) is 21.2 Å². The van der Waals surface area contributed by atoms with Gasteiger partial charge in [0.15, 0.2) is 0 Å². The maximum absolute atomic E-state index is 12.6. The highest BCUT2D eigenvalue weighted by Crippen LogP contribution is 2.23. The summed E-state index contributed by atoms with van der Waals surface area (Å²) in [6.45, 7) is 4.56. The van der Waals surface area contributed by atoms with E-state index >= 15 is 0 Å². The van der Waals surface area contributed by atoms with Crippen molar-refractivity contribution in [2.45, 2.75) is 25.3 Å². The topological polar surface area (TPSA) is 80.6 Å². The van der Waals surface area contributed by atoms with E-state index in [1.165, 1.54) is 21.1 Å². The number of amides is 1. The summed E-state index contributed by atoms with van der Waals surface area (Å²) in [5.74, 6) is 0.302. The zero-order chi connectivity index (χ0) is 20.2. The van der Waals surface area contributed by atoms with Crippen LogP contribution in [0.25, 0.3) is 0 Å². The number of carbonyl (C=O) groups is 1. The van der Waals surface area contributed by atoms with E-state index in [4.69, 9.17) is 4.74 Å². The molecule has 1 aromatic carbocycles. The molecule has 1 amide bonds. The molecule has 2 rings (SSSR count). The highest BCUT2D eigenvalue weighted by molar-refractivity contribution is 9.10. The monoisotopic (exact) mass is 457 g/mol. The molecule has 1 aromatic heterocycles. The van der Waals surface area contributed by atoms with E-state index in [1.807, 2.05) is 18.2 Å². The van der Waals surface area contributed by atoms with Crippen LogP contribution in [0, 0.1) is 0 Å². The average Bonchev–Trinajstić information content (AvgIpc) is 3.03. The molecule has 7 nitrogen and oxygen atoms in total. The minimum absolute atomic E-state index is 0.110. The first-order valence-electron chi connectivity index (χ1n) is 8.51. The van der Waals surface area contributed by atoms with Crippen molar-refractivity contribution in [2.75, 3.05) is 20.2 Å². The van der Waals surface area contributed by atoms with Gasteiger partial charge in [-0.3, -0.25) is 4.79 Å². The number of aryl methyl sites for hydroxylation is 1. The second kappa shape index (κ2) is 8.90. The van der Waals surface area contributed by atoms with E-state index in [0.717, 1.165) is 10.0 Å². The van der Waals surface area contributed by atoms with Crippen LogP contribution >= 0.6 is 15.9 Å². The van der Waals surface area contributed by atoms with Gasteiger partial charge >= 0.3 is 0 Å². The maximum Gasteiger partial charge on any atom is 0.268 e. The molecule has 0 aliphatic rings. The highest BCUT2D eigenvalue weighted by Gasteiger charge is 2.25. The van der Waals surface area contributed by atoms with Gasteiger partial charge in [0.1, 0.15) is 16.3 Å². The molecule has 0 aliphatic carbocycles. The molecular formula is C18H24BrN3O4S. The molecule has 148 valence electrons. The molecule has 0 aliphatic heterocycles. The third-order valence-corrected chi connectivity index (χ3v) is 6.75. The van der Waals surface area contributed by atoms with Crippen LogP contribution in [0.1, 0.15) is 29.9 Å². The Morgan fingerprint density at radius 2 is 1.93 bits per heavy atom. The first kappa shape index (κ1) is 21.5. The second-order valence-electron chi connectivity index (χ2n) is 5.90. The third-order valence-electron chi connectivity index (χ3n) is 4.24. The van der Waals surface area contributed by atoms with Crippen molar-refractivity contribution < 1.29 is 17.9 Å². The van der Waals surface area contributed by atoms with E-state index < -0.39 is 10.0 Å². The van der Waals surface area contributed by atoms with Gasteiger partial charge in [-0.05, 0) is 24.3 Å². The van der Waals surface area contributed by atoms with Crippen molar-refractivity contribution in [3.8, 4) is 5.75 Å². The lowest BCUT2D eigenvalue weighted by Crippen LogP contribution is -2.30. The average molecular weight is 458 g/mol. The molecule has 9 heteroatoms. The smallest absolute Gasteiger partial charge is 0.268 e. The van der Waals surface area contributed by atoms with Crippen LogP contribution in [0.4, 0.5) is 0 Å².